The third-order valence-electron chi connectivity index (χ3n) is 5.95. The lowest BCUT2D eigenvalue weighted by atomic mass is 9.78. The van der Waals surface area contributed by atoms with E-state index >= 15 is 0 Å². The van der Waals surface area contributed by atoms with Gasteiger partial charge in [-0.25, -0.2) is 9.37 Å². The van der Waals surface area contributed by atoms with Crippen molar-refractivity contribution in [1.29, 1.82) is 0 Å². The zero-order valence-corrected chi connectivity index (χ0v) is 16.7. The van der Waals surface area contributed by atoms with Crippen LogP contribution >= 0.6 is 0 Å². The summed E-state index contributed by atoms with van der Waals surface area (Å²) >= 11 is 0. The van der Waals surface area contributed by atoms with Crippen molar-refractivity contribution >= 4 is 24.3 Å². The average molecular weight is 401 g/mol. The monoisotopic (exact) mass is 401 g/mol. The highest BCUT2D eigenvalue weighted by Gasteiger charge is 2.52. The van der Waals surface area contributed by atoms with Crippen LogP contribution in [0.15, 0.2) is 18.2 Å². The van der Waals surface area contributed by atoms with Crippen LogP contribution in [0.1, 0.15) is 43.6 Å². The summed E-state index contributed by atoms with van der Waals surface area (Å²) in [4.78, 5) is 15.7. The molecule has 0 aliphatic carbocycles. The van der Waals surface area contributed by atoms with Crippen molar-refractivity contribution in [3.63, 3.8) is 0 Å². The van der Waals surface area contributed by atoms with Gasteiger partial charge in [0.2, 0.25) is 5.95 Å². The number of hydrogen-bond donors (Lipinski definition) is 2. The van der Waals surface area contributed by atoms with Gasteiger partial charge in [0.25, 0.3) is 5.91 Å². The van der Waals surface area contributed by atoms with Crippen LogP contribution in [0.25, 0.3) is 11.1 Å². The van der Waals surface area contributed by atoms with E-state index in [4.69, 9.17) is 15.0 Å². The number of fused-ring (bicyclic) bond motifs is 1. The van der Waals surface area contributed by atoms with Crippen LogP contribution in [0.3, 0.4) is 0 Å². The van der Waals surface area contributed by atoms with Crippen molar-refractivity contribution in [1.82, 2.24) is 10.3 Å². The van der Waals surface area contributed by atoms with Crippen LogP contribution in [-0.4, -0.2) is 35.8 Å². The Hall–Kier alpha value is -2.52. The molecule has 1 saturated heterocycles. The number of rotatable bonds is 2. The lowest BCUT2D eigenvalue weighted by Gasteiger charge is -2.32. The van der Waals surface area contributed by atoms with Crippen molar-refractivity contribution in [3.05, 3.63) is 41.1 Å². The predicted octanol–water partition coefficient (Wildman–Crippen LogP) is 2.19. The van der Waals surface area contributed by atoms with E-state index < -0.39 is 30.1 Å². The predicted molar refractivity (Wildman–Crippen MR) is 106 cm³/mol. The molecule has 9 heteroatoms. The molecule has 2 aliphatic rings. The van der Waals surface area contributed by atoms with Gasteiger partial charge in [0.05, 0.1) is 11.2 Å². The molecule has 1 aromatic carbocycles. The van der Waals surface area contributed by atoms with Gasteiger partial charge < -0.3 is 20.4 Å². The number of benzene rings is 1. The van der Waals surface area contributed by atoms with Gasteiger partial charge in [-0.3, -0.25) is 4.79 Å². The lowest BCUT2D eigenvalue weighted by Crippen LogP contribution is -2.41. The summed E-state index contributed by atoms with van der Waals surface area (Å²) in [5.74, 6) is -1.94. The maximum atomic E-state index is 14.9. The molecule has 3 N–H and O–H groups in total. The van der Waals surface area contributed by atoms with Crippen LogP contribution in [0.2, 0.25) is 0 Å². The Morgan fingerprint density at radius 2 is 1.72 bits per heavy atom. The molecule has 0 unspecified atom stereocenters. The Morgan fingerprint density at radius 3 is 2.38 bits per heavy atom. The first-order chi connectivity index (χ1) is 13.5. The molecule has 29 heavy (non-hydrogen) atoms. The fourth-order valence-corrected chi connectivity index (χ4v) is 3.52. The molecular weight excluding hydrogens is 379 g/mol. The summed E-state index contributed by atoms with van der Waals surface area (Å²) in [7, 11) is -1.00. The lowest BCUT2D eigenvalue weighted by molar-refractivity contribution is 0.00578. The Morgan fingerprint density at radius 1 is 1.07 bits per heavy atom. The van der Waals surface area contributed by atoms with Crippen molar-refractivity contribution in [2.75, 3.05) is 12.3 Å². The summed E-state index contributed by atoms with van der Waals surface area (Å²) in [5, 5.41) is 2.68. The quantitative estimate of drug-likeness (QED) is 0.595. The number of amides is 1. The second kappa shape index (κ2) is 6.50. The van der Waals surface area contributed by atoms with Gasteiger partial charge in [0.15, 0.2) is 0 Å². The van der Waals surface area contributed by atoms with Crippen LogP contribution in [0.4, 0.5) is 14.6 Å². The summed E-state index contributed by atoms with van der Waals surface area (Å²) in [5.41, 5.74) is 5.99. The minimum atomic E-state index is -1.00. The average Bonchev–Trinajstić information content (AvgIpc) is 2.83. The zero-order chi connectivity index (χ0) is 21.1. The van der Waals surface area contributed by atoms with Crippen molar-refractivity contribution < 1.29 is 22.9 Å². The molecular formula is C20H22BF2N3O3. The first-order valence-electron chi connectivity index (χ1n) is 9.43. The molecule has 152 valence electrons. The Labute approximate surface area is 167 Å². The van der Waals surface area contributed by atoms with E-state index in [1.807, 2.05) is 27.7 Å². The second-order valence-corrected chi connectivity index (χ2v) is 8.38. The number of anilines is 1. The molecule has 0 spiro atoms. The first kappa shape index (κ1) is 19.8. The number of halogens is 2. The molecule has 0 saturated carbocycles. The third-order valence-corrected chi connectivity index (χ3v) is 5.95. The number of carbonyl (C=O) groups excluding carboxylic acids is 1. The molecule has 1 amide bonds. The first-order valence-corrected chi connectivity index (χ1v) is 9.43. The molecule has 0 atom stereocenters. The van der Waals surface area contributed by atoms with E-state index in [1.54, 1.807) is 6.07 Å². The summed E-state index contributed by atoms with van der Waals surface area (Å²) < 4.78 is 41.3. The number of hydrogen-bond acceptors (Lipinski definition) is 5. The highest BCUT2D eigenvalue weighted by Crippen LogP contribution is 2.37. The summed E-state index contributed by atoms with van der Waals surface area (Å²) in [6.45, 7) is 7.87. The molecule has 1 aromatic heterocycles. The van der Waals surface area contributed by atoms with E-state index in [-0.39, 0.29) is 33.9 Å². The second-order valence-electron chi connectivity index (χ2n) is 8.38. The normalized spacial score (nSPS) is 19.8. The van der Waals surface area contributed by atoms with Crippen molar-refractivity contribution in [3.8, 4) is 11.1 Å². The van der Waals surface area contributed by atoms with Gasteiger partial charge in [0, 0.05) is 28.7 Å². The largest absolute Gasteiger partial charge is 0.499 e. The van der Waals surface area contributed by atoms with E-state index in [2.05, 4.69) is 10.3 Å². The minimum Gasteiger partial charge on any atom is -0.399 e. The zero-order valence-electron chi connectivity index (χ0n) is 16.7. The number of aromatic nitrogens is 1. The number of pyridine rings is 1. The van der Waals surface area contributed by atoms with E-state index in [1.165, 1.54) is 12.1 Å². The van der Waals surface area contributed by atoms with Gasteiger partial charge >= 0.3 is 7.12 Å². The molecule has 1 fully saturated rings. The van der Waals surface area contributed by atoms with Gasteiger partial charge in [-0.05, 0) is 57.9 Å². The number of nitrogens with two attached hydrogens (primary N) is 1. The Kier molecular flexibility index (Phi) is 4.43. The summed E-state index contributed by atoms with van der Waals surface area (Å²) in [6.07, 6.45) is 0.562. The van der Waals surface area contributed by atoms with Crippen LogP contribution in [0, 0.1) is 11.8 Å². The fourth-order valence-electron chi connectivity index (χ4n) is 3.52. The fraction of sp³-hybridized carbons (Fsp3) is 0.400. The van der Waals surface area contributed by atoms with Crippen LogP contribution in [-0.2, 0) is 15.7 Å². The minimum absolute atomic E-state index is 0.0442. The van der Waals surface area contributed by atoms with E-state index in [0.29, 0.717) is 18.5 Å². The molecule has 2 aromatic rings. The Balaban J connectivity index is 1.81. The van der Waals surface area contributed by atoms with Crippen molar-refractivity contribution in [2.45, 2.75) is 45.3 Å². The third kappa shape index (κ3) is 3.18. The highest BCUT2D eigenvalue weighted by molar-refractivity contribution is 6.62. The number of nitrogens with zero attached hydrogens (tertiary/aromatic N) is 1. The maximum absolute atomic E-state index is 14.9. The standard InChI is InChI=1S/C20H22BF2N3O3/c1-19(2)20(3,4)29-21(28-19)14-8-13(17(24)26-16(14)23)12-7-10-5-6-25-18(27)11(10)9-15(12)22/h7-9H,5-6H2,1-4H3,(H2,24,26)(H,25,27). The van der Waals surface area contributed by atoms with Crippen LogP contribution in [0.5, 0.6) is 0 Å². The van der Waals surface area contributed by atoms with Gasteiger partial charge in [-0.2, -0.15) is 4.39 Å². The number of carbonyl (C=O) groups is 1. The maximum Gasteiger partial charge on any atom is 0.499 e. The van der Waals surface area contributed by atoms with Crippen LogP contribution < -0.4 is 16.5 Å². The molecule has 4 rings (SSSR count). The summed E-state index contributed by atoms with van der Waals surface area (Å²) in [6, 6.07) is 4.16. The van der Waals surface area contributed by atoms with Gasteiger partial charge in [-0.1, -0.05) is 0 Å². The molecule has 0 radical (unpaired) electrons. The van der Waals surface area contributed by atoms with E-state index in [9.17, 15) is 13.6 Å². The molecule has 6 nitrogen and oxygen atoms in total. The molecule has 3 heterocycles. The SMILES string of the molecule is CC1(C)OB(c2cc(-c3cc4c(cc3F)C(=O)NCC4)c(N)nc2F)OC1(C)C. The Bertz CT molecular complexity index is 1010. The van der Waals surface area contributed by atoms with E-state index in [0.717, 1.165) is 0 Å². The number of nitrogen functional groups attached to an aromatic ring is 1. The van der Waals surface area contributed by atoms with Crippen molar-refractivity contribution in [2.24, 2.45) is 0 Å². The van der Waals surface area contributed by atoms with Gasteiger partial charge in [0.1, 0.15) is 11.6 Å². The molecule has 0 bridgehead atoms. The highest BCUT2D eigenvalue weighted by atomic mass is 19.1. The van der Waals surface area contributed by atoms with Gasteiger partial charge in [-0.15, -0.1) is 0 Å². The topological polar surface area (TPSA) is 86.5 Å². The smallest absolute Gasteiger partial charge is 0.399 e. The number of nitrogens with one attached hydrogen (secondary N) is 1. The molecule has 2 aliphatic heterocycles.